The first kappa shape index (κ1) is 13.1. The van der Waals surface area contributed by atoms with Gasteiger partial charge in [0.1, 0.15) is 11.3 Å². The molecule has 98 valence electrons. The van der Waals surface area contributed by atoms with Crippen molar-refractivity contribution in [1.29, 1.82) is 0 Å². The molecule has 0 aliphatic rings. The molecule has 18 heavy (non-hydrogen) atoms. The molecule has 2 rings (SSSR count). The molecular weight excluding hydrogens is 226 g/mol. The fourth-order valence-electron chi connectivity index (χ4n) is 2.26. The molecule has 0 saturated heterocycles. The van der Waals surface area contributed by atoms with Crippen LogP contribution in [0.5, 0.6) is 0 Å². The van der Waals surface area contributed by atoms with Gasteiger partial charge in [0.25, 0.3) is 0 Å². The quantitative estimate of drug-likeness (QED) is 0.878. The minimum atomic E-state index is -0.206. The summed E-state index contributed by atoms with van der Waals surface area (Å²) in [5, 5.41) is 1.10. The second-order valence-corrected chi connectivity index (χ2v) is 4.78. The third-order valence-electron chi connectivity index (χ3n) is 3.30. The third kappa shape index (κ3) is 2.57. The normalized spacial score (nSPS) is 14.9. The highest BCUT2D eigenvalue weighted by Crippen LogP contribution is 2.27. The number of hydrogen-bond acceptors (Lipinski definition) is 3. The molecule has 0 spiro atoms. The van der Waals surface area contributed by atoms with Crippen LogP contribution in [0.1, 0.15) is 37.1 Å². The molecule has 2 N–H and O–H groups in total. The van der Waals surface area contributed by atoms with Crippen molar-refractivity contribution < 1.29 is 9.15 Å². The Hall–Kier alpha value is -1.32. The van der Waals surface area contributed by atoms with Gasteiger partial charge in [-0.1, -0.05) is 25.0 Å². The van der Waals surface area contributed by atoms with Gasteiger partial charge in [-0.15, -0.1) is 0 Å². The standard InChI is InChI=1S/C15H21NO2/c1-4-5-13(17-3)15(16)14-9-11-8-10(2)6-7-12(11)18-14/h6-9,13,15H,4-5,16H2,1-3H3. The molecule has 2 atom stereocenters. The molecule has 3 heteroatoms. The highest BCUT2D eigenvalue weighted by atomic mass is 16.5. The third-order valence-corrected chi connectivity index (χ3v) is 3.30. The van der Waals surface area contributed by atoms with Crippen molar-refractivity contribution in [2.24, 2.45) is 5.73 Å². The summed E-state index contributed by atoms with van der Waals surface area (Å²) in [4.78, 5) is 0. The van der Waals surface area contributed by atoms with Gasteiger partial charge < -0.3 is 14.9 Å². The van der Waals surface area contributed by atoms with Crippen molar-refractivity contribution in [3.05, 3.63) is 35.6 Å². The van der Waals surface area contributed by atoms with Gasteiger partial charge in [-0.25, -0.2) is 0 Å². The molecule has 3 nitrogen and oxygen atoms in total. The first-order chi connectivity index (χ1) is 8.65. The second kappa shape index (κ2) is 5.55. The zero-order chi connectivity index (χ0) is 13.1. The van der Waals surface area contributed by atoms with Gasteiger partial charge in [-0.3, -0.25) is 0 Å². The maximum atomic E-state index is 6.22. The zero-order valence-electron chi connectivity index (χ0n) is 11.3. The van der Waals surface area contributed by atoms with E-state index in [2.05, 4.69) is 19.9 Å². The van der Waals surface area contributed by atoms with Crippen LogP contribution in [0.25, 0.3) is 11.0 Å². The number of aryl methyl sites for hydroxylation is 1. The Balaban J connectivity index is 2.29. The fraction of sp³-hybridized carbons (Fsp3) is 0.467. The number of fused-ring (bicyclic) bond motifs is 1. The number of benzene rings is 1. The highest BCUT2D eigenvalue weighted by Gasteiger charge is 2.21. The van der Waals surface area contributed by atoms with Crippen LogP contribution in [0.3, 0.4) is 0 Å². The second-order valence-electron chi connectivity index (χ2n) is 4.78. The molecule has 0 amide bonds. The molecular formula is C15H21NO2. The average molecular weight is 247 g/mol. The van der Waals surface area contributed by atoms with Gasteiger partial charge in [0.15, 0.2) is 0 Å². The van der Waals surface area contributed by atoms with E-state index in [1.807, 2.05) is 18.2 Å². The molecule has 0 aliphatic carbocycles. The van der Waals surface area contributed by atoms with E-state index in [4.69, 9.17) is 14.9 Å². The van der Waals surface area contributed by atoms with E-state index in [9.17, 15) is 0 Å². The molecule has 1 aromatic heterocycles. The lowest BCUT2D eigenvalue weighted by molar-refractivity contribution is 0.0668. The number of furan rings is 1. The largest absolute Gasteiger partial charge is 0.459 e. The summed E-state index contributed by atoms with van der Waals surface area (Å²) < 4.78 is 11.3. The lowest BCUT2D eigenvalue weighted by Gasteiger charge is -2.20. The van der Waals surface area contributed by atoms with Gasteiger partial charge in [0.05, 0.1) is 12.1 Å². The predicted octanol–water partition coefficient (Wildman–Crippen LogP) is 3.56. The summed E-state index contributed by atoms with van der Waals surface area (Å²) in [6, 6.07) is 7.96. The lowest BCUT2D eigenvalue weighted by Crippen LogP contribution is -2.27. The highest BCUT2D eigenvalue weighted by molar-refractivity contribution is 5.78. The Labute approximate surface area is 108 Å². The van der Waals surface area contributed by atoms with Gasteiger partial charge in [0.2, 0.25) is 0 Å². The predicted molar refractivity (Wildman–Crippen MR) is 73.6 cm³/mol. The molecule has 1 aromatic carbocycles. The van der Waals surface area contributed by atoms with Crippen LogP contribution >= 0.6 is 0 Å². The Morgan fingerprint density at radius 1 is 1.33 bits per heavy atom. The number of methoxy groups -OCH3 is 1. The summed E-state index contributed by atoms with van der Waals surface area (Å²) in [6.45, 7) is 4.20. The first-order valence-corrected chi connectivity index (χ1v) is 6.44. The van der Waals surface area contributed by atoms with Gasteiger partial charge in [0, 0.05) is 12.5 Å². The minimum absolute atomic E-state index is 0.0108. The average Bonchev–Trinajstić information content (AvgIpc) is 2.77. The van der Waals surface area contributed by atoms with Crippen molar-refractivity contribution in [3.8, 4) is 0 Å². The van der Waals surface area contributed by atoms with Crippen LogP contribution in [0.2, 0.25) is 0 Å². The monoisotopic (exact) mass is 247 g/mol. The maximum absolute atomic E-state index is 6.22. The number of hydrogen-bond donors (Lipinski definition) is 1. The molecule has 0 saturated carbocycles. The van der Waals surface area contributed by atoms with Gasteiger partial charge in [-0.2, -0.15) is 0 Å². The molecule has 0 aliphatic heterocycles. The van der Waals surface area contributed by atoms with Crippen LogP contribution in [0.15, 0.2) is 28.7 Å². The topological polar surface area (TPSA) is 48.4 Å². The molecule has 1 heterocycles. The van der Waals surface area contributed by atoms with E-state index in [0.29, 0.717) is 0 Å². The van der Waals surface area contributed by atoms with Crippen molar-refractivity contribution in [2.75, 3.05) is 7.11 Å². The Morgan fingerprint density at radius 2 is 2.11 bits per heavy atom. The molecule has 2 aromatic rings. The van der Waals surface area contributed by atoms with Crippen LogP contribution < -0.4 is 5.73 Å². The lowest BCUT2D eigenvalue weighted by atomic mass is 10.0. The van der Waals surface area contributed by atoms with E-state index >= 15 is 0 Å². The molecule has 0 radical (unpaired) electrons. The molecule has 2 unspecified atom stereocenters. The Morgan fingerprint density at radius 3 is 2.78 bits per heavy atom. The maximum Gasteiger partial charge on any atom is 0.134 e. The van der Waals surface area contributed by atoms with Crippen LogP contribution in [0, 0.1) is 6.92 Å². The summed E-state index contributed by atoms with van der Waals surface area (Å²) in [7, 11) is 1.70. The van der Waals surface area contributed by atoms with Crippen molar-refractivity contribution in [3.63, 3.8) is 0 Å². The van der Waals surface area contributed by atoms with Crippen LogP contribution in [0.4, 0.5) is 0 Å². The van der Waals surface area contributed by atoms with E-state index in [0.717, 1.165) is 29.6 Å². The van der Waals surface area contributed by atoms with Gasteiger partial charge in [-0.05, 0) is 31.5 Å². The van der Waals surface area contributed by atoms with E-state index < -0.39 is 0 Å². The summed E-state index contributed by atoms with van der Waals surface area (Å²) in [6.07, 6.45) is 2.00. The fourth-order valence-corrected chi connectivity index (χ4v) is 2.26. The summed E-state index contributed by atoms with van der Waals surface area (Å²) in [5.74, 6) is 0.802. The van der Waals surface area contributed by atoms with Crippen molar-refractivity contribution in [2.45, 2.75) is 38.8 Å². The van der Waals surface area contributed by atoms with Crippen molar-refractivity contribution in [1.82, 2.24) is 0 Å². The first-order valence-electron chi connectivity index (χ1n) is 6.44. The SMILES string of the molecule is CCCC(OC)C(N)c1cc2cc(C)ccc2o1. The zero-order valence-corrected chi connectivity index (χ0v) is 11.3. The van der Waals surface area contributed by atoms with Gasteiger partial charge >= 0.3 is 0 Å². The number of ether oxygens (including phenoxy) is 1. The van der Waals surface area contributed by atoms with E-state index in [1.54, 1.807) is 7.11 Å². The van der Waals surface area contributed by atoms with E-state index in [1.165, 1.54) is 5.56 Å². The Bertz CT molecular complexity index is 518. The Kier molecular flexibility index (Phi) is 4.04. The number of nitrogens with two attached hydrogens (primary N) is 1. The minimum Gasteiger partial charge on any atom is -0.459 e. The molecule has 0 fully saturated rings. The van der Waals surface area contributed by atoms with Crippen LogP contribution in [-0.4, -0.2) is 13.2 Å². The molecule has 0 bridgehead atoms. The summed E-state index contributed by atoms with van der Waals surface area (Å²) in [5.41, 5.74) is 8.33. The smallest absolute Gasteiger partial charge is 0.134 e. The summed E-state index contributed by atoms with van der Waals surface area (Å²) >= 11 is 0. The van der Waals surface area contributed by atoms with Crippen LogP contribution in [-0.2, 0) is 4.74 Å². The van der Waals surface area contributed by atoms with E-state index in [-0.39, 0.29) is 12.1 Å². The van der Waals surface area contributed by atoms with Crippen molar-refractivity contribution >= 4 is 11.0 Å². The number of rotatable bonds is 5.